The highest BCUT2D eigenvalue weighted by atomic mass is 16.7. The smallest absolute Gasteiger partial charge is 0.229 e. The van der Waals surface area contributed by atoms with Crippen LogP contribution < -0.4 is 14.9 Å². The molecule has 0 aliphatic carbocycles. The Bertz CT molecular complexity index is 1420. The van der Waals surface area contributed by atoms with E-state index >= 15 is 0 Å². The highest BCUT2D eigenvalue weighted by Crippen LogP contribution is 2.32. The van der Waals surface area contributed by atoms with Gasteiger partial charge in [0, 0.05) is 6.07 Å². The minimum Gasteiger partial charge on any atom is -0.504 e. The Labute approximate surface area is 232 Å². The normalized spacial score (nSPS) is 32.1. The molecule has 2 saturated heterocycles. The van der Waals surface area contributed by atoms with Gasteiger partial charge in [-0.25, -0.2) is 0 Å². The van der Waals surface area contributed by atoms with Crippen molar-refractivity contribution in [3.63, 3.8) is 0 Å². The summed E-state index contributed by atoms with van der Waals surface area (Å²) in [5.41, 5.74) is 0.480. The van der Waals surface area contributed by atoms with Gasteiger partial charge in [-0.05, 0) is 29.8 Å². The Kier molecular flexibility index (Phi) is 8.47. The van der Waals surface area contributed by atoms with Crippen LogP contribution in [-0.4, -0.2) is 111 Å². The van der Waals surface area contributed by atoms with Crippen LogP contribution in [0.1, 0.15) is 0 Å². The van der Waals surface area contributed by atoms with Crippen LogP contribution in [0, 0.1) is 0 Å². The van der Waals surface area contributed by atoms with E-state index in [-0.39, 0.29) is 45.8 Å². The molecule has 3 heterocycles. The number of phenols is 1. The molecule has 0 bridgehead atoms. The number of phenolic OH excluding ortho intramolecular Hbond substituents is 1. The molecule has 0 radical (unpaired) electrons. The summed E-state index contributed by atoms with van der Waals surface area (Å²) in [6, 6.07) is 8.70. The fraction of sp³-hybridized carbons (Fsp3) is 0.444. The van der Waals surface area contributed by atoms with Gasteiger partial charge >= 0.3 is 0 Å². The van der Waals surface area contributed by atoms with Crippen LogP contribution >= 0.6 is 0 Å². The second-order valence-electron chi connectivity index (χ2n) is 9.74. The minimum absolute atomic E-state index is 0.0830. The fourth-order valence-electron chi connectivity index (χ4n) is 4.63. The number of aliphatic hydroxyl groups excluding tert-OH is 6. The topological polar surface area (TPSA) is 218 Å². The summed E-state index contributed by atoms with van der Waals surface area (Å²) in [7, 11) is 1.39. The summed E-state index contributed by atoms with van der Waals surface area (Å²) in [6.07, 6.45) is -12.2. The molecule has 2 aromatic carbocycles. The van der Waals surface area contributed by atoms with Crippen LogP contribution in [0.4, 0.5) is 0 Å². The van der Waals surface area contributed by atoms with Crippen LogP contribution in [0.3, 0.4) is 0 Å². The SMILES string of the molecule is COc1cc(-c2coc3cc(O[C@@H]4O[C@H](CO[C@@H]5OC[C@@H](O)[C@H](O)[C@H]5O)[C@@H](O)[C@H](O)[C@H]4O)ccc3c2=O)ccc1O. The quantitative estimate of drug-likeness (QED) is 0.176. The van der Waals surface area contributed by atoms with E-state index in [0.29, 0.717) is 5.56 Å². The number of rotatable bonds is 7. The van der Waals surface area contributed by atoms with Crippen molar-refractivity contribution in [3.8, 4) is 28.4 Å². The zero-order valence-electron chi connectivity index (χ0n) is 21.6. The predicted octanol–water partition coefficient (Wildman–Crippen LogP) is -1.18. The summed E-state index contributed by atoms with van der Waals surface area (Å²) in [4.78, 5) is 13.2. The molecule has 14 nitrogen and oxygen atoms in total. The van der Waals surface area contributed by atoms with Crippen molar-refractivity contribution in [1.82, 2.24) is 0 Å². The number of benzene rings is 2. The van der Waals surface area contributed by atoms with Gasteiger partial charge < -0.3 is 63.8 Å². The summed E-state index contributed by atoms with van der Waals surface area (Å²) in [5.74, 6) is 0.210. The molecule has 14 heteroatoms. The number of fused-ring (bicyclic) bond motifs is 1. The predicted molar refractivity (Wildman–Crippen MR) is 137 cm³/mol. The molecule has 2 fully saturated rings. The number of aliphatic hydroxyl groups is 6. The first-order valence-corrected chi connectivity index (χ1v) is 12.7. The average molecular weight is 579 g/mol. The third-order valence-electron chi connectivity index (χ3n) is 7.04. The van der Waals surface area contributed by atoms with Gasteiger partial charge in [0.25, 0.3) is 0 Å². The Balaban J connectivity index is 1.31. The number of methoxy groups -OCH3 is 1. The molecule has 41 heavy (non-hydrogen) atoms. The van der Waals surface area contributed by atoms with Crippen LogP contribution in [-0.2, 0) is 14.2 Å². The van der Waals surface area contributed by atoms with Gasteiger partial charge in [-0.3, -0.25) is 4.79 Å². The Morgan fingerprint density at radius 3 is 2.41 bits per heavy atom. The van der Waals surface area contributed by atoms with Crippen molar-refractivity contribution in [2.75, 3.05) is 20.3 Å². The summed E-state index contributed by atoms with van der Waals surface area (Å²) < 4.78 is 32.6. The van der Waals surface area contributed by atoms with E-state index in [9.17, 15) is 40.5 Å². The van der Waals surface area contributed by atoms with Crippen LogP contribution in [0.5, 0.6) is 17.2 Å². The zero-order chi connectivity index (χ0) is 29.4. The molecule has 7 N–H and O–H groups in total. The van der Waals surface area contributed by atoms with E-state index < -0.39 is 61.9 Å². The molecule has 9 atom stereocenters. The Morgan fingerprint density at radius 2 is 1.66 bits per heavy atom. The first-order valence-electron chi connectivity index (χ1n) is 12.7. The molecule has 0 saturated carbocycles. The van der Waals surface area contributed by atoms with E-state index in [4.69, 9.17) is 28.1 Å². The van der Waals surface area contributed by atoms with Gasteiger partial charge in [-0.1, -0.05) is 6.07 Å². The number of ether oxygens (including phenoxy) is 5. The molecule has 2 aliphatic rings. The monoisotopic (exact) mass is 578 g/mol. The lowest BCUT2D eigenvalue weighted by atomic mass is 9.99. The number of hydrogen-bond donors (Lipinski definition) is 7. The highest BCUT2D eigenvalue weighted by Gasteiger charge is 2.46. The largest absolute Gasteiger partial charge is 0.504 e. The van der Waals surface area contributed by atoms with E-state index in [1.54, 1.807) is 6.07 Å². The lowest BCUT2D eigenvalue weighted by Gasteiger charge is -2.41. The molecule has 0 spiro atoms. The first kappa shape index (κ1) is 29.2. The summed E-state index contributed by atoms with van der Waals surface area (Å²) >= 11 is 0. The third-order valence-corrected chi connectivity index (χ3v) is 7.04. The van der Waals surface area contributed by atoms with E-state index in [0.717, 1.165) is 0 Å². The van der Waals surface area contributed by atoms with E-state index in [1.807, 2.05) is 0 Å². The second kappa shape index (κ2) is 11.9. The Morgan fingerprint density at radius 1 is 0.902 bits per heavy atom. The van der Waals surface area contributed by atoms with Crippen molar-refractivity contribution in [3.05, 3.63) is 52.9 Å². The molecule has 3 aromatic rings. The van der Waals surface area contributed by atoms with Gasteiger partial charge in [0.15, 0.2) is 23.2 Å². The molecular formula is C27H30O14. The zero-order valence-corrected chi connectivity index (χ0v) is 21.6. The fourth-order valence-corrected chi connectivity index (χ4v) is 4.63. The van der Waals surface area contributed by atoms with Gasteiger partial charge in [-0.2, -0.15) is 0 Å². The maximum atomic E-state index is 13.2. The molecular weight excluding hydrogens is 548 g/mol. The van der Waals surface area contributed by atoms with Gasteiger partial charge in [-0.15, -0.1) is 0 Å². The molecule has 0 unspecified atom stereocenters. The van der Waals surface area contributed by atoms with Crippen LogP contribution in [0.25, 0.3) is 22.1 Å². The third kappa shape index (κ3) is 5.74. The maximum absolute atomic E-state index is 13.2. The van der Waals surface area contributed by atoms with Crippen molar-refractivity contribution in [2.45, 2.75) is 55.3 Å². The average Bonchev–Trinajstić information content (AvgIpc) is 2.97. The summed E-state index contributed by atoms with van der Waals surface area (Å²) in [6.45, 7) is -0.737. The van der Waals surface area contributed by atoms with Crippen LogP contribution in [0.2, 0.25) is 0 Å². The van der Waals surface area contributed by atoms with Gasteiger partial charge in [0.2, 0.25) is 6.29 Å². The molecule has 5 rings (SSSR count). The van der Waals surface area contributed by atoms with Crippen LogP contribution in [0.15, 0.2) is 51.9 Å². The van der Waals surface area contributed by atoms with Crippen molar-refractivity contribution >= 4 is 11.0 Å². The lowest BCUT2D eigenvalue weighted by molar-refractivity contribution is -0.307. The molecule has 0 amide bonds. The highest BCUT2D eigenvalue weighted by molar-refractivity contribution is 5.83. The van der Waals surface area contributed by atoms with Crippen molar-refractivity contribution in [2.24, 2.45) is 0 Å². The molecule has 222 valence electrons. The first-order chi connectivity index (χ1) is 19.6. The summed E-state index contributed by atoms with van der Waals surface area (Å²) in [5, 5.41) is 70.7. The molecule has 1 aromatic heterocycles. The molecule has 2 aliphatic heterocycles. The van der Waals surface area contributed by atoms with E-state index in [1.165, 1.54) is 43.7 Å². The minimum atomic E-state index is -1.70. The lowest BCUT2D eigenvalue weighted by Crippen LogP contribution is -2.61. The number of hydrogen-bond acceptors (Lipinski definition) is 14. The van der Waals surface area contributed by atoms with Crippen molar-refractivity contribution in [1.29, 1.82) is 0 Å². The Hall–Kier alpha value is -3.31. The maximum Gasteiger partial charge on any atom is 0.229 e. The van der Waals surface area contributed by atoms with Crippen molar-refractivity contribution < 1.29 is 63.8 Å². The van der Waals surface area contributed by atoms with Gasteiger partial charge in [0.05, 0.1) is 31.3 Å². The van der Waals surface area contributed by atoms with E-state index in [2.05, 4.69) is 0 Å². The second-order valence-corrected chi connectivity index (χ2v) is 9.74. The standard InChI is InChI=1S/C27H30O14/c1-36-18-6-11(2-5-15(18)28)14-8-37-17-7-12(3-4-13(17)20(14)30)40-27-25(35)23(33)22(32)19(41-27)10-39-26-24(34)21(31)16(29)9-38-26/h2-8,16,19,21-29,31-35H,9-10H2,1H3/t16-,19-,21+,22-,23+,24-,25-,26+,27-/m1/s1. The number of aromatic hydroxyl groups is 1. The van der Waals surface area contributed by atoms with Gasteiger partial charge in [0.1, 0.15) is 60.3 Å².